The van der Waals surface area contributed by atoms with E-state index in [0.717, 1.165) is 48.0 Å². The van der Waals surface area contributed by atoms with Gasteiger partial charge >= 0.3 is 7.12 Å². The third kappa shape index (κ3) is 4.36. The Bertz CT molecular complexity index is 1990. The Kier molecular flexibility index (Phi) is 6.17. The van der Waals surface area contributed by atoms with Crippen LogP contribution < -0.4 is 5.46 Å². The monoisotopic (exact) mass is 535 g/mol. The van der Waals surface area contributed by atoms with E-state index in [0.29, 0.717) is 22.9 Å². The Labute approximate surface area is 235 Å². The third-order valence-corrected chi connectivity index (χ3v) is 8.27. The van der Waals surface area contributed by atoms with Gasteiger partial charge in [-0.1, -0.05) is 109 Å². The van der Waals surface area contributed by atoms with Crippen LogP contribution in [0.15, 0.2) is 121 Å². The number of hydrogen-bond donors (Lipinski definition) is 2. The van der Waals surface area contributed by atoms with Crippen LogP contribution in [0.2, 0.25) is 0 Å². The van der Waals surface area contributed by atoms with E-state index in [-0.39, 0.29) is 0 Å². The number of rotatable bonds is 5. The maximum atomic E-state index is 9.99. The smallest absolute Gasteiger partial charge is 0.423 e. The van der Waals surface area contributed by atoms with Crippen LogP contribution >= 0.6 is 11.3 Å². The van der Waals surface area contributed by atoms with Crippen LogP contribution in [0.3, 0.4) is 0 Å². The molecule has 2 N–H and O–H groups in total. The van der Waals surface area contributed by atoms with Gasteiger partial charge in [-0.3, -0.25) is 0 Å². The quantitative estimate of drug-likeness (QED) is 0.243. The molecule has 0 fully saturated rings. The molecule has 0 aliphatic rings. The molecular weight excluding hydrogens is 513 g/mol. The molecule has 7 rings (SSSR count). The molecule has 0 saturated heterocycles. The van der Waals surface area contributed by atoms with Gasteiger partial charge in [-0.15, -0.1) is 11.3 Å². The lowest BCUT2D eigenvalue weighted by atomic mass is 9.80. The zero-order chi connectivity index (χ0) is 27.1. The van der Waals surface area contributed by atoms with Crippen LogP contribution in [-0.2, 0) is 0 Å². The van der Waals surface area contributed by atoms with Crippen molar-refractivity contribution in [2.24, 2.45) is 0 Å². The van der Waals surface area contributed by atoms with Crippen LogP contribution in [0.5, 0.6) is 0 Å². The van der Waals surface area contributed by atoms with Gasteiger partial charge in [0.15, 0.2) is 17.5 Å². The molecule has 2 heterocycles. The predicted octanol–water partition coefficient (Wildman–Crippen LogP) is 6.59. The molecule has 5 aromatic carbocycles. The number of fused-ring (bicyclic) bond motifs is 3. The van der Waals surface area contributed by atoms with Gasteiger partial charge in [-0.05, 0) is 34.1 Å². The first kappa shape index (κ1) is 24.4. The Morgan fingerprint density at radius 1 is 0.475 bits per heavy atom. The lowest BCUT2D eigenvalue weighted by molar-refractivity contribution is 0.426. The molecule has 7 aromatic rings. The molecule has 40 heavy (non-hydrogen) atoms. The molecule has 0 bridgehead atoms. The van der Waals surface area contributed by atoms with Gasteiger partial charge in [0.05, 0.1) is 0 Å². The lowest BCUT2D eigenvalue weighted by Crippen LogP contribution is -2.29. The first-order valence-electron chi connectivity index (χ1n) is 12.9. The second-order valence-electron chi connectivity index (χ2n) is 9.50. The van der Waals surface area contributed by atoms with Gasteiger partial charge in [0.2, 0.25) is 0 Å². The highest BCUT2D eigenvalue weighted by Gasteiger charge is 2.20. The van der Waals surface area contributed by atoms with Gasteiger partial charge in [-0.2, -0.15) is 0 Å². The summed E-state index contributed by atoms with van der Waals surface area (Å²) in [5, 5.41) is 22.0. The Hall–Kier alpha value is -4.69. The number of benzene rings is 5. The summed E-state index contributed by atoms with van der Waals surface area (Å²) in [7, 11) is -1.55. The van der Waals surface area contributed by atoms with Crippen LogP contribution in [0.1, 0.15) is 0 Å². The Morgan fingerprint density at radius 3 is 1.75 bits per heavy atom. The highest BCUT2D eigenvalue weighted by molar-refractivity contribution is 7.27. The Balaban J connectivity index is 1.46. The lowest BCUT2D eigenvalue weighted by Gasteiger charge is -2.10. The van der Waals surface area contributed by atoms with E-state index in [9.17, 15) is 10.0 Å². The first-order chi connectivity index (χ1) is 19.7. The van der Waals surface area contributed by atoms with Crippen molar-refractivity contribution in [3.63, 3.8) is 0 Å². The number of nitrogens with zero attached hydrogens (tertiary/aromatic N) is 3. The van der Waals surface area contributed by atoms with Crippen molar-refractivity contribution in [2.45, 2.75) is 0 Å². The standard InChI is InChI=1S/C33H22BN3O2S/c38-34(39)28-19-9-17-26-25-16-8-18-27(29(25)40-30(26)28)33-36-31(22-12-5-2-6-13-22)35-32(37-33)24-15-7-14-23(20-24)21-10-3-1-4-11-21/h1-20,38-39H. The minimum atomic E-state index is -1.55. The summed E-state index contributed by atoms with van der Waals surface area (Å²) in [6.45, 7) is 0. The van der Waals surface area contributed by atoms with Crippen LogP contribution in [0, 0.1) is 0 Å². The van der Waals surface area contributed by atoms with Crippen molar-refractivity contribution in [3.8, 4) is 45.3 Å². The van der Waals surface area contributed by atoms with Crippen LogP contribution in [-0.4, -0.2) is 32.1 Å². The first-order valence-corrected chi connectivity index (χ1v) is 13.8. The summed E-state index contributed by atoms with van der Waals surface area (Å²) >= 11 is 1.52. The van der Waals surface area contributed by atoms with Crippen molar-refractivity contribution < 1.29 is 10.0 Å². The van der Waals surface area contributed by atoms with E-state index in [4.69, 9.17) is 15.0 Å². The maximum absolute atomic E-state index is 9.99. The summed E-state index contributed by atoms with van der Waals surface area (Å²) < 4.78 is 1.83. The topological polar surface area (TPSA) is 79.1 Å². The SMILES string of the molecule is OB(O)c1cccc2c1sc1c(-c3nc(-c4ccccc4)nc(-c4cccc(-c5ccccc5)c4)n3)cccc12. The van der Waals surface area contributed by atoms with Crippen molar-refractivity contribution in [2.75, 3.05) is 0 Å². The average Bonchev–Trinajstić information content (AvgIpc) is 3.41. The van der Waals surface area contributed by atoms with Crippen molar-refractivity contribution >= 4 is 44.1 Å². The fourth-order valence-electron chi connectivity index (χ4n) is 5.03. The van der Waals surface area contributed by atoms with Gasteiger partial charge in [-0.25, -0.2) is 15.0 Å². The molecule has 5 nitrogen and oxygen atoms in total. The largest absolute Gasteiger partial charge is 0.489 e. The molecule has 0 unspecified atom stereocenters. The van der Waals surface area contributed by atoms with E-state index in [1.165, 1.54) is 11.3 Å². The highest BCUT2D eigenvalue weighted by atomic mass is 32.1. The van der Waals surface area contributed by atoms with E-state index < -0.39 is 7.12 Å². The second-order valence-corrected chi connectivity index (χ2v) is 10.5. The number of thiophene rings is 1. The zero-order valence-electron chi connectivity index (χ0n) is 21.3. The fourth-order valence-corrected chi connectivity index (χ4v) is 6.37. The van der Waals surface area contributed by atoms with Gasteiger partial charge in [0.25, 0.3) is 0 Å². The summed E-state index contributed by atoms with van der Waals surface area (Å²) in [6.07, 6.45) is 0. The molecule has 0 amide bonds. The molecule has 0 atom stereocenters. The van der Waals surface area contributed by atoms with Crippen molar-refractivity contribution in [1.82, 2.24) is 15.0 Å². The van der Waals surface area contributed by atoms with E-state index in [2.05, 4.69) is 30.3 Å². The molecule has 0 saturated carbocycles. The van der Waals surface area contributed by atoms with Crippen molar-refractivity contribution in [3.05, 3.63) is 121 Å². The molecule has 0 aliphatic carbocycles. The van der Waals surface area contributed by atoms with Gasteiger partial charge in [0, 0.05) is 31.5 Å². The summed E-state index contributed by atoms with van der Waals surface area (Å²) in [5.74, 6) is 1.75. The van der Waals surface area contributed by atoms with E-state index >= 15 is 0 Å². The summed E-state index contributed by atoms with van der Waals surface area (Å²) in [5.41, 5.74) is 5.37. The molecule has 0 aliphatic heterocycles. The van der Waals surface area contributed by atoms with E-state index in [1.807, 2.05) is 84.9 Å². The highest BCUT2D eigenvalue weighted by Crippen LogP contribution is 2.39. The van der Waals surface area contributed by atoms with Gasteiger partial charge < -0.3 is 10.0 Å². The molecule has 2 aromatic heterocycles. The summed E-state index contributed by atoms with van der Waals surface area (Å²) in [6, 6.07) is 40.1. The Morgan fingerprint density at radius 2 is 1.02 bits per heavy atom. The predicted molar refractivity (Wildman–Crippen MR) is 164 cm³/mol. The summed E-state index contributed by atoms with van der Waals surface area (Å²) in [4.78, 5) is 14.9. The third-order valence-electron chi connectivity index (χ3n) is 6.97. The number of aromatic nitrogens is 3. The zero-order valence-corrected chi connectivity index (χ0v) is 22.1. The molecule has 7 heteroatoms. The minimum absolute atomic E-state index is 0.490. The minimum Gasteiger partial charge on any atom is -0.423 e. The van der Waals surface area contributed by atoms with E-state index in [1.54, 1.807) is 6.07 Å². The fraction of sp³-hybridized carbons (Fsp3) is 0. The van der Waals surface area contributed by atoms with Crippen molar-refractivity contribution in [1.29, 1.82) is 0 Å². The maximum Gasteiger partial charge on any atom is 0.489 e. The molecule has 0 spiro atoms. The second kappa shape index (κ2) is 10.1. The number of hydrogen-bond acceptors (Lipinski definition) is 6. The average molecular weight is 535 g/mol. The van der Waals surface area contributed by atoms with Crippen LogP contribution in [0.25, 0.3) is 65.5 Å². The normalized spacial score (nSPS) is 11.2. The molecule has 0 radical (unpaired) electrons. The van der Waals surface area contributed by atoms with Crippen LogP contribution in [0.4, 0.5) is 0 Å². The molecule has 190 valence electrons. The van der Waals surface area contributed by atoms with Gasteiger partial charge in [0.1, 0.15) is 0 Å². The molecular formula is C33H22BN3O2S.